The maximum Gasteiger partial charge on any atom is 0.217 e. The molecule has 0 amide bonds. The molecule has 1 atom stereocenters. The first kappa shape index (κ1) is 21.2. The number of benzene rings is 1. The van der Waals surface area contributed by atoms with E-state index in [1.54, 1.807) is 7.11 Å². The number of methoxy groups -OCH3 is 1. The van der Waals surface area contributed by atoms with Crippen molar-refractivity contribution in [1.82, 2.24) is 4.98 Å². The number of pyridine rings is 1. The van der Waals surface area contributed by atoms with Crippen molar-refractivity contribution >= 4 is 10.9 Å². The van der Waals surface area contributed by atoms with Crippen molar-refractivity contribution in [2.24, 2.45) is 0 Å². The summed E-state index contributed by atoms with van der Waals surface area (Å²) in [7, 11) is 1.68. The molecule has 1 aromatic heterocycles. The molecule has 23 heavy (non-hydrogen) atoms. The summed E-state index contributed by atoms with van der Waals surface area (Å²) in [5.74, 6) is 1.92. The number of para-hydroxylation sites is 1. The van der Waals surface area contributed by atoms with Gasteiger partial charge in [-0.05, 0) is 30.9 Å². The van der Waals surface area contributed by atoms with E-state index in [9.17, 15) is 0 Å². The third-order valence-electron chi connectivity index (χ3n) is 3.46. The minimum absolute atomic E-state index is 0.470. The highest BCUT2D eigenvalue weighted by Crippen LogP contribution is 2.33. The summed E-state index contributed by atoms with van der Waals surface area (Å²) in [6.45, 7) is 15.0. The summed E-state index contributed by atoms with van der Waals surface area (Å²) >= 11 is 0. The Labute approximate surface area is 142 Å². The maximum atomic E-state index is 5.53. The monoisotopic (exact) mass is 319 g/mol. The second kappa shape index (κ2) is 11.8. The average molecular weight is 319 g/mol. The van der Waals surface area contributed by atoms with Crippen molar-refractivity contribution in [2.75, 3.05) is 13.7 Å². The first-order valence-electron chi connectivity index (χ1n) is 8.81. The van der Waals surface area contributed by atoms with E-state index >= 15 is 0 Å². The van der Waals surface area contributed by atoms with Crippen LogP contribution in [-0.2, 0) is 0 Å². The molecule has 0 saturated carbocycles. The zero-order valence-corrected chi connectivity index (χ0v) is 16.1. The van der Waals surface area contributed by atoms with Gasteiger partial charge in [-0.1, -0.05) is 53.7 Å². The van der Waals surface area contributed by atoms with Crippen LogP contribution in [0.4, 0.5) is 0 Å². The molecule has 3 heteroatoms. The third kappa shape index (κ3) is 5.42. The van der Waals surface area contributed by atoms with Gasteiger partial charge in [-0.2, -0.15) is 0 Å². The van der Waals surface area contributed by atoms with Gasteiger partial charge in [-0.25, -0.2) is 4.98 Å². The van der Waals surface area contributed by atoms with Crippen LogP contribution < -0.4 is 9.47 Å². The summed E-state index contributed by atoms with van der Waals surface area (Å²) < 4.78 is 11.0. The van der Waals surface area contributed by atoms with Gasteiger partial charge in [0.1, 0.15) is 5.75 Å². The fourth-order valence-corrected chi connectivity index (χ4v) is 2.23. The average Bonchev–Trinajstić information content (AvgIpc) is 2.63. The quantitative estimate of drug-likeness (QED) is 0.656. The van der Waals surface area contributed by atoms with Gasteiger partial charge in [0.25, 0.3) is 0 Å². The lowest BCUT2D eigenvalue weighted by Crippen LogP contribution is -2.00. The lowest BCUT2D eigenvalue weighted by molar-refractivity contribution is 0.324. The molecule has 0 bridgehead atoms. The standard InChI is InChI=1S/C16H21NO2.2C2H6/c1-5-11(3)12-8-7-9-13-14(18-4)10-15(19-6-2)17-16(12)13;2*1-2/h7-11H,5-6H2,1-4H3;2*1-2H3. The Morgan fingerprint density at radius 3 is 2.26 bits per heavy atom. The van der Waals surface area contributed by atoms with Gasteiger partial charge < -0.3 is 9.47 Å². The fraction of sp³-hybridized carbons (Fsp3) is 0.550. The van der Waals surface area contributed by atoms with E-state index in [0.717, 1.165) is 23.1 Å². The number of hydrogen-bond donors (Lipinski definition) is 0. The molecule has 3 nitrogen and oxygen atoms in total. The Morgan fingerprint density at radius 2 is 1.74 bits per heavy atom. The van der Waals surface area contributed by atoms with Crippen molar-refractivity contribution in [2.45, 2.75) is 60.8 Å². The molecule has 0 radical (unpaired) electrons. The summed E-state index contributed by atoms with van der Waals surface area (Å²) in [6, 6.07) is 8.10. The van der Waals surface area contributed by atoms with Gasteiger partial charge in [0, 0.05) is 11.5 Å². The summed E-state index contributed by atoms with van der Waals surface area (Å²) in [6.07, 6.45) is 1.09. The van der Waals surface area contributed by atoms with Crippen molar-refractivity contribution < 1.29 is 9.47 Å². The fourth-order valence-electron chi connectivity index (χ4n) is 2.23. The van der Waals surface area contributed by atoms with Crippen LogP contribution in [0, 0.1) is 0 Å². The van der Waals surface area contributed by atoms with Gasteiger partial charge >= 0.3 is 0 Å². The van der Waals surface area contributed by atoms with E-state index in [1.807, 2.05) is 46.8 Å². The zero-order chi connectivity index (χ0) is 17.8. The molecule has 0 fully saturated rings. The molecular weight excluding hydrogens is 286 g/mol. The van der Waals surface area contributed by atoms with Crippen LogP contribution in [-0.4, -0.2) is 18.7 Å². The topological polar surface area (TPSA) is 31.4 Å². The van der Waals surface area contributed by atoms with Crippen LogP contribution in [0.25, 0.3) is 10.9 Å². The summed E-state index contributed by atoms with van der Waals surface area (Å²) in [4.78, 5) is 4.64. The van der Waals surface area contributed by atoms with Gasteiger partial charge in [0.2, 0.25) is 5.88 Å². The van der Waals surface area contributed by atoms with Gasteiger partial charge in [0.05, 0.1) is 19.2 Å². The van der Waals surface area contributed by atoms with Crippen molar-refractivity contribution in [3.8, 4) is 11.6 Å². The molecule has 130 valence electrons. The SMILES string of the molecule is CC.CC.CCOc1cc(OC)c2cccc(C(C)CC)c2n1. The Hall–Kier alpha value is -1.77. The van der Waals surface area contributed by atoms with Crippen LogP contribution in [0.3, 0.4) is 0 Å². The first-order chi connectivity index (χ1) is 11.2. The van der Waals surface area contributed by atoms with E-state index in [1.165, 1.54) is 5.56 Å². The predicted molar refractivity (Wildman–Crippen MR) is 101 cm³/mol. The van der Waals surface area contributed by atoms with Crippen LogP contribution in [0.15, 0.2) is 24.3 Å². The largest absolute Gasteiger partial charge is 0.496 e. The first-order valence-corrected chi connectivity index (χ1v) is 8.81. The second-order valence-corrected chi connectivity index (χ2v) is 4.65. The highest BCUT2D eigenvalue weighted by atomic mass is 16.5. The van der Waals surface area contributed by atoms with Crippen LogP contribution in [0.2, 0.25) is 0 Å². The summed E-state index contributed by atoms with van der Waals surface area (Å²) in [5, 5.41) is 1.05. The number of nitrogens with zero attached hydrogens (tertiary/aromatic N) is 1. The molecular formula is C20H33NO2. The van der Waals surface area contributed by atoms with Crippen molar-refractivity contribution in [1.29, 1.82) is 0 Å². The summed E-state index contributed by atoms with van der Waals surface area (Å²) in [5.41, 5.74) is 2.24. The maximum absolute atomic E-state index is 5.53. The van der Waals surface area contributed by atoms with Crippen molar-refractivity contribution in [3.63, 3.8) is 0 Å². The van der Waals surface area contributed by atoms with Crippen LogP contribution in [0.1, 0.15) is 66.4 Å². The Balaban J connectivity index is 0.00000112. The number of hydrogen-bond acceptors (Lipinski definition) is 3. The van der Waals surface area contributed by atoms with Crippen molar-refractivity contribution in [3.05, 3.63) is 29.8 Å². The molecule has 1 aromatic carbocycles. The van der Waals surface area contributed by atoms with Crippen LogP contribution in [0.5, 0.6) is 11.6 Å². The minimum Gasteiger partial charge on any atom is -0.496 e. The van der Waals surface area contributed by atoms with E-state index in [-0.39, 0.29) is 0 Å². The third-order valence-corrected chi connectivity index (χ3v) is 3.46. The number of aromatic nitrogens is 1. The van der Waals surface area contributed by atoms with E-state index in [2.05, 4.69) is 31.0 Å². The molecule has 1 unspecified atom stereocenters. The molecule has 0 aliphatic carbocycles. The van der Waals surface area contributed by atoms with Gasteiger partial charge in [0.15, 0.2) is 0 Å². The minimum atomic E-state index is 0.470. The highest BCUT2D eigenvalue weighted by molar-refractivity contribution is 5.88. The molecule has 0 aliphatic heterocycles. The zero-order valence-electron chi connectivity index (χ0n) is 16.1. The smallest absolute Gasteiger partial charge is 0.217 e. The molecule has 1 heterocycles. The number of fused-ring (bicyclic) bond motifs is 1. The Morgan fingerprint density at radius 1 is 1.09 bits per heavy atom. The Bertz CT molecular complexity index is 567. The van der Waals surface area contributed by atoms with Gasteiger partial charge in [-0.3, -0.25) is 0 Å². The van der Waals surface area contributed by atoms with Gasteiger partial charge in [-0.15, -0.1) is 0 Å². The highest BCUT2D eigenvalue weighted by Gasteiger charge is 2.13. The van der Waals surface area contributed by atoms with E-state index < -0.39 is 0 Å². The number of rotatable bonds is 5. The molecule has 0 spiro atoms. The van der Waals surface area contributed by atoms with E-state index in [4.69, 9.17) is 9.47 Å². The van der Waals surface area contributed by atoms with E-state index in [0.29, 0.717) is 18.4 Å². The molecule has 0 aliphatic rings. The lowest BCUT2D eigenvalue weighted by atomic mass is 9.96. The molecule has 0 saturated heterocycles. The Kier molecular flexibility index (Phi) is 10.8. The molecule has 0 N–H and O–H groups in total. The normalized spacial score (nSPS) is 10.8. The lowest BCUT2D eigenvalue weighted by Gasteiger charge is -2.15. The number of ether oxygens (including phenoxy) is 2. The predicted octanol–water partition coefficient (Wildman–Crippen LogP) is 6.21. The second-order valence-electron chi connectivity index (χ2n) is 4.65. The molecule has 2 aromatic rings. The molecule has 2 rings (SSSR count). The van der Waals surface area contributed by atoms with Crippen LogP contribution >= 0.6 is 0 Å².